The zero-order valence-electron chi connectivity index (χ0n) is 11.4. The maximum Gasteiger partial charge on any atom is 0.416 e. The van der Waals surface area contributed by atoms with Gasteiger partial charge >= 0.3 is 6.18 Å². The second kappa shape index (κ2) is 6.83. The summed E-state index contributed by atoms with van der Waals surface area (Å²) in [5.74, 6) is -0.582. The molecule has 0 aromatic heterocycles. The number of benzene rings is 1. The highest BCUT2D eigenvalue weighted by Crippen LogP contribution is 2.45. The van der Waals surface area contributed by atoms with Crippen LogP contribution in [-0.4, -0.2) is 6.54 Å². The maximum atomic E-state index is 13.3. The van der Waals surface area contributed by atoms with E-state index in [1.807, 2.05) is 0 Å². The summed E-state index contributed by atoms with van der Waals surface area (Å²) in [5.41, 5.74) is 5.54. The molecule has 2 rings (SSSR count). The van der Waals surface area contributed by atoms with Crippen molar-refractivity contribution in [2.24, 2.45) is 5.73 Å². The molecule has 1 aromatic rings. The van der Waals surface area contributed by atoms with Crippen LogP contribution in [0, 0.1) is 0 Å². The summed E-state index contributed by atoms with van der Waals surface area (Å²) >= 11 is 17.9. The van der Waals surface area contributed by atoms with Gasteiger partial charge in [0.1, 0.15) is 0 Å². The molecular weight excluding hydrogens is 358 g/mol. The van der Waals surface area contributed by atoms with Gasteiger partial charge in [-0.15, -0.1) is 0 Å². The Hall–Kier alpha value is -0.680. The molecule has 1 unspecified atom stereocenters. The minimum Gasteiger partial charge on any atom is -0.330 e. The fourth-order valence-electron chi connectivity index (χ4n) is 2.58. The quantitative estimate of drug-likeness (QED) is 0.746. The van der Waals surface area contributed by atoms with Crippen molar-refractivity contribution < 1.29 is 13.2 Å². The highest BCUT2D eigenvalue weighted by molar-refractivity contribution is 6.48. The average Bonchev–Trinajstić information content (AvgIpc) is 2.43. The van der Waals surface area contributed by atoms with Crippen LogP contribution >= 0.6 is 34.8 Å². The van der Waals surface area contributed by atoms with Crippen LogP contribution in [0.2, 0.25) is 0 Å². The third kappa shape index (κ3) is 3.62. The lowest BCUT2D eigenvalue weighted by molar-refractivity contribution is -0.138. The minimum absolute atomic E-state index is 0.165. The first-order chi connectivity index (χ1) is 10.3. The number of alkyl halides is 3. The van der Waals surface area contributed by atoms with E-state index in [1.54, 1.807) is 6.07 Å². The van der Waals surface area contributed by atoms with Crippen molar-refractivity contribution in [3.05, 3.63) is 56.1 Å². The standard InChI is InChI=1S/C15H13Cl3F3N/c16-11-6-9(7-12(17)14(11)18)13-8(4-5-22)2-1-3-10(13)15(19,20)21/h1-3,6,9H,4-5,7,22H2. The molecule has 2 N–H and O–H groups in total. The lowest BCUT2D eigenvalue weighted by Crippen LogP contribution is -2.17. The van der Waals surface area contributed by atoms with Crippen molar-refractivity contribution in [2.75, 3.05) is 6.54 Å². The van der Waals surface area contributed by atoms with Gasteiger partial charge in [-0.2, -0.15) is 13.2 Å². The Morgan fingerprint density at radius 1 is 1.18 bits per heavy atom. The summed E-state index contributed by atoms with van der Waals surface area (Å²) in [6, 6.07) is 4.09. The van der Waals surface area contributed by atoms with E-state index in [4.69, 9.17) is 40.5 Å². The van der Waals surface area contributed by atoms with Crippen molar-refractivity contribution in [3.63, 3.8) is 0 Å². The van der Waals surface area contributed by atoms with Gasteiger partial charge in [0.15, 0.2) is 0 Å². The van der Waals surface area contributed by atoms with Crippen LogP contribution < -0.4 is 5.73 Å². The van der Waals surface area contributed by atoms with Crippen LogP contribution in [0.5, 0.6) is 0 Å². The monoisotopic (exact) mass is 369 g/mol. The van der Waals surface area contributed by atoms with Crippen molar-refractivity contribution in [1.82, 2.24) is 0 Å². The molecule has 1 aliphatic rings. The van der Waals surface area contributed by atoms with Crippen LogP contribution in [-0.2, 0) is 12.6 Å². The normalized spacial score (nSPS) is 19.4. The van der Waals surface area contributed by atoms with Gasteiger partial charge < -0.3 is 5.73 Å². The predicted molar refractivity (Wildman–Crippen MR) is 84.2 cm³/mol. The molecule has 1 aliphatic carbocycles. The molecule has 1 nitrogen and oxygen atoms in total. The van der Waals surface area contributed by atoms with Gasteiger partial charge in [0.25, 0.3) is 0 Å². The zero-order chi connectivity index (χ0) is 16.5. The van der Waals surface area contributed by atoms with Gasteiger partial charge in [-0.25, -0.2) is 0 Å². The second-order valence-electron chi connectivity index (χ2n) is 4.96. The lowest BCUT2D eigenvalue weighted by Gasteiger charge is -2.25. The maximum absolute atomic E-state index is 13.3. The molecule has 1 atom stereocenters. The first-order valence-electron chi connectivity index (χ1n) is 6.56. The number of nitrogens with two attached hydrogens (primary N) is 1. The minimum atomic E-state index is -4.46. The van der Waals surface area contributed by atoms with Crippen molar-refractivity contribution in [3.8, 4) is 0 Å². The summed E-state index contributed by atoms with van der Waals surface area (Å²) in [5, 5.41) is 0.609. The van der Waals surface area contributed by atoms with Gasteiger partial charge in [0, 0.05) is 11.0 Å². The van der Waals surface area contributed by atoms with Crippen molar-refractivity contribution in [2.45, 2.75) is 24.9 Å². The van der Waals surface area contributed by atoms with Crippen molar-refractivity contribution in [1.29, 1.82) is 0 Å². The van der Waals surface area contributed by atoms with Crippen LogP contribution in [0.25, 0.3) is 0 Å². The summed E-state index contributed by atoms with van der Waals surface area (Å²) in [6.07, 6.45) is -2.42. The van der Waals surface area contributed by atoms with Crippen LogP contribution in [0.1, 0.15) is 29.0 Å². The largest absolute Gasteiger partial charge is 0.416 e. The summed E-state index contributed by atoms with van der Waals surface area (Å²) in [4.78, 5) is 0. The number of allylic oxidation sites excluding steroid dienone is 4. The molecule has 0 saturated heterocycles. The van der Waals surface area contributed by atoms with E-state index in [-0.39, 0.29) is 33.6 Å². The highest BCUT2D eigenvalue weighted by Gasteiger charge is 2.37. The molecule has 7 heteroatoms. The molecule has 120 valence electrons. The summed E-state index contributed by atoms with van der Waals surface area (Å²) < 4.78 is 40.0. The zero-order valence-corrected chi connectivity index (χ0v) is 13.6. The molecule has 22 heavy (non-hydrogen) atoms. The molecule has 0 aliphatic heterocycles. The molecule has 0 fully saturated rings. The molecule has 0 saturated carbocycles. The molecule has 0 spiro atoms. The number of halogens is 6. The Bertz CT molecular complexity index is 635. The first-order valence-corrected chi connectivity index (χ1v) is 7.70. The molecule has 1 aromatic carbocycles. The van der Waals surface area contributed by atoms with Gasteiger partial charge in [-0.05, 0) is 36.6 Å². The van der Waals surface area contributed by atoms with Gasteiger partial charge in [-0.3, -0.25) is 0 Å². The Balaban J connectivity index is 2.59. The Kier molecular flexibility index (Phi) is 5.49. The Morgan fingerprint density at radius 2 is 1.86 bits per heavy atom. The molecular formula is C15H13Cl3F3N. The van der Waals surface area contributed by atoms with E-state index in [0.717, 1.165) is 6.07 Å². The summed E-state index contributed by atoms with van der Waals surface area (Å²) in [7, 11) is 0. The molecule has 0 radical (unpaired) electrons. The van der Waals surface area contributed by atoms with Gasteiger partial charge in [0.05, 0.1) is 15.6 Å². The van der Waals surface area contributed by atoms with E-state index in [2.05, 4.69) is 0 Å². The molecule has 0 amide bonds. The fraction of sp³-hybridized carbons (Fsp3) is 0.333. The Morgan fingerprint density at radius 3 is 2.41 bits per heavy atom. The predicted octanol–water partition coefficient (Wildman–Crippen LogP) is 5.51. The smallest absolute Gasteiger partial charge is 0.330 e. The van der Waals surface area contributed by atoms with E-state index >= 15 is 0 Å². The number of hydrogen-bond acceptors (Lipinski definition) is 1. The SMILES string of the molecule is NCCc1cccc(C(F)(F)F)c1C1C=C(Cl)C(Cl)=C(Cl)C1. The highest BCUT2D eigenvalue weighted by atomic mass is 35.5. The van der Waals surface area contributed by atoms with E-state index in [0.29, 0.717) is 12.0 Å². The number of hydrogen-bond donors (Lipinski definition) is 1. The number of rotatable bonds is 3. The topological polar surface area (TPSA) is 26.0 Å². The lowest BCUT2D eigenvalue weighted by atomic mass is 9.84. The first kappa shape index (κ1) is 17.7. The third-order valence-electron chi connectivity index (χ3n) is 3.48. The fourth-order valence-corrected chi connectivity index (χ4v) is 3.30. The second-order valence-corrected chi connectivity index (χ2v) is 6.20. The molecule has 0 heterocycles. The van der Waals surface area contributed by atoms with Crippen molar-refractivity contribution >= 4 is 34.8 Å². The van der Waals surface area contributed by atoms with Crippen LogP contribution in [0.15, 0.2) is 39.4 Å². The van der Waals surface area contributed by atoms with E-state index < -0.39 is 17.7 Å². The third-order valence-corrected chi connectivity index (χ3v) is 4.76. The van der Waals surface area contributed by atoms with E-state index in [9.17, 15) is 13.2 Å². The Labute approximate surface area is 141 Å². The average molecular weight is 371 g/mol. The van der Waals surface area contributed by atoms with Gasteiger partial charge in [0.2, 0.25) is 0 Å². The van der Waals surface area contributed by atoms with Gasteiger partial charge in [-0.1, -0.05) is 53.0 Å². The van der Waals surface area contributed by atoms with Crippen LogP contribution in [0.3, 0.4) is 0 Å². The van der Waals surface area contributed by atoms with Crippen LogP contribution in [0.4, 0.5) is 13.2 Å². The van der Waals surface area contributed by atoms with E-state index in [1.165, 1.54) is 12.1 Å². The molecule has 0 bridgehead atoms. The summed E-state index contributed by atoms with van der Waals surface area (Å²) in [6.45, 7) is 0.253.